The molecule has 2 N–H and O–H groups in total. The first-order valence-corrected chi connectivity index (χ1v) is 3.69. The van der Waals surface area contributed by atoms with Crippen molar-refractivity contribution in [2.45, 2.75) is 32.2 Å². The zero-order chi connectivity index (χ0) is 7.61. The van der Waals surface area contributed by atoms with E-state index in [1.54, 1.807) is 13.8 Å². The molecule has 1 aliphatic rings. The second-order valence-electron chi connectivity index (χ2n) is 3.18. The predicted molar refractivity (Wildman–Crippen MR) is 38.7 cm³/mol. The van der Waals surface area contributed by atoms with Crippen molar-refractivity contribution in [3.05, 3.63) is 0 Å². The monoisotopic (exact) mass is 145 g/mol. The molecule has 3 nitrogen and oxygen atoms in total. The Morgan fingerprint density at radius 1 is 1.60 bits per heavy atom. The molecular formula is C7H15NO2. The molecule has 0 saturated carbocycles. The standard InChI is InChI=1S/C7H15NO2/c1-7(2,9)10-6-3-4-8-5-6/h6,8-9H,3-5H2,1-2H3. The van der Waals surface area contributed by atoms with Gasteiger partial charge >= 0.3 is 0 Å². The van der Waals surface area contributed by atoms with Gasteiger partial charge in [-0.2, -0.15) is 0 Å². The van der Waals surface area contributed by atoms with Gasteiger partial charge in [0.25, 0.3) is 0 Å². The molecule has 0 aromatic carbocycles. The van der Waals surface area contributed by atoms with Gasteiger partial charge in [-0.15, -0.1) is 0 Å². The molecule has 1 saturated heterocycles. The molecule has 0 amide bonds. The van der Waals surface area contributed by atoms with E-state index in [0.29, 0.717) is 0 Å². The Morgan fingerprint density at radius 3 is 2.70 bits per heavy atom. The minimum atomic E-state index is -0.976. The summed E-state index contributed by atoms with van der Waals surface area (Å²) in [5.41, 5.74) is 0. The highest BCUT2D eigenvalue weighted by atomic mass is 16.6. The molecule has 1 rings (SSSR count). The lowest BCUT2D eigenvalue weighted by Crippen LogP contribution is -2.31. The SMILES string of the molecule is CC(C)(O)OC1CCNC1. The molecule has 0 aromatic heterocycles. The Hall–Kier alpha value is -0.120. The highest BCUT2D eigenvalue weighted by Gasteiger charge is 2.22. The van der Waals surface area contributed by atoms with E-state index in [1.165, 1.54) is 0 Å². The number of hydrogen-bond acceptors (Lipinski definition) is 3. The lowest BCUT2D eigenvalue weighted by molar-refractivity contribution is -0.200. The van der Waals surface area contributed by atoms with Crippen LogP contribution in [0.15, 0.2) is 0 Å². The molecule has 0 bridgehead atoms. The lowest BCUT2D eigenvalue weighted by atomic mass is 10.3. The smallest absolute Gasteiger partial charge is 0.160 e. The summed E-state index contributed by atoms with van der Waals surface area (Å²) in [7, 11) is 0. The maximum Gasteiger partial charge on any atom is 0.160 e. The van der Waals surface area contributed by atoms with Crippen LogP contribution in [-0.4, -0.2) is 30.1 Å². The molecule has 3 heteroatoms. The fraction of sp³-hybridized carbons (Fsp3) is 1.00. The van der Waals surface area contributed by atoms with E-state index >= 15 is 0 Å². The van der Waals surface area contributed by atoms with Crippen LogP contribution in [0.25, 0.3) is 0 Å². The Morgan fingerprint density at radius 2 is 2.30 bits per heavy atom. The minimum absolute atomic E-state index is 0.194. The summed E-state index contributed by atoms with van der Waals surface area (Å²) in [4.78, 5) is 0. The van der Waals surface area contributed by atoms with Crippen molar-refractivity contribution < 1.29 is 9.84 Å². The van der Waals surface area contributed by atoms with Crippen LogP contribution in [0.3, 0.4) is 0 Å². The van der Waals surface area contributed by atoms with Crippen molar-refractivity contribution in [2.75, 3.05) is 13.1 Å². The zero-order valence-corrected chi connectivity index (χ0v) is 6.55. The van der Waals surface area contributed by atoms with Crippen LogP contribution in [-0.2, 0) is 4.74 Å². The average molecular weight is 145 g/mol. The predicted octanol–water partition coefficient (Wildman–Crippen LogP) is 0.0933. The summed E-state index contributed by atoms with van der Waals surface area (Å²) in [5, 5.41) is 12.4. The maximum atomic E-state index is 9.23. The second-order valence-corrected chi connectivity index (χ2v) is 3.18. The van der Waals surface area contributed by atoms with Crippen molar-refractivity contribution in [1.82, 2.24) is 5.32 Å². The highest BCUT2D eigenvalue weighted by Crippen LogP contribution is 2.12. The van der Waals surface area contributed by atoms with E-state index in [1.807, 2.05) is 0 Å². The molecular weight excluding hydrogens is 130 g/mol. The van der Waals surface area contributed by atoms with Crippen molar-refractivity contribution in [1.29, 1.82) is 0 Å². The second kappa shape index (κ2) is 2.86. The largest absolute Gasteiger partial charge is 0.366 e. The van der Waals surface area contributed by atoms with Gasteiger partial charge < -0.3 is 15.2 Å². The summed E-state index contributed by atoms with van der Waals surface area (Å²) in [6.07, 6.45) is 1.20. The van der Waals surface area contributed by atoms with Gasteiger partial charge in [-0.05, 0) is 26.8 Å². The maximum absolute atomic E-state index is 9.23. The van der Waals surface area contributed by atoms with Crippen LogP contribution in [0, 0.1) is 0 Å². The van der Waals surface area contributed by atoms with Crippen molar-refractivity contribution in [2.24, 2.45) is 0 Å². The van der Waals surface area contributed by atoms with Crippen LogP contribution < -0.4 is 5.32 Å². The van der Waals surface area contributed by atoms with Crippen molar-refractivity contribution in [3.63, 3.8) is 0 Å². The summed E-state index contributed by atoms with van der Waals surface area (Å²) in [5.74, 6) is -0.976. The van der Waals surface area contributed by atoms with E-state index < -0.39 is 5.79 Å². The van der Waals surface area contributed by atoms with Gasteiger partial charge in [0, 0.05) is 6.54 Å². The molecule has 60 valence electrons. The first-order chi connectivity index (χ1) is 4.58. The first-order valence-electron chi connectivity index (χ1n) is 3.69. The zero-order valence-electron chi connectivity index (χ0n) is 6.55. The van der Waals surface area contributed by atoms with Gasteiger partial charge in [-0.3, -0.25) is 0 Å². The van der Waals surface area contributed by atoms with Crippen molar-refractivity contribution in [3.8, 4) is 0 Å². The summed E-state index contributed by atoms with van der Waals surface area (Å²) >= 11 is 0. The fourth-order valence-corrected chi connectivity index (χ4v) is 1.14. The number of ether oxygens (including phenoxy) is 1. The first kappa shape index (κ1) is 7.98. The normalized spacial score (nSPS) is 27.3. The Balaban J connectivity index is 2.24. The van der Waals surface area contributed by atoms with E-state index in [0.717, 1.165) is 19.5 Å². The molecule has 0 radical (unpaired) electrons. The fourth-order valence-electron chi connectivity index (χ4n) is 1.14. The van der Waals surface area contributed by atoms with Gasteiger partial charge in [-0.25, -0.2) is 0 Å². The summed E-state index contributed by atoms with van der Waals surface area (Å²) < 4.78 is 5.29. The van der Waals surface area contributed by atoms with Gasteiger partial charge in [0.2, 0.25) is 0 Å². The molecule has 1 heterocycles. The molecule has 1 unspecified atom stereocenters. The number of aliphatic hydroxyl groups is 1. The number of rotatable bonds is 2. The summed E-state index contributed by atoms with van der Waals surface area (Å²) in [6, 6.07) is 0. The van der Waals surface area contributed by atoms with E-state index in [2.05, 4.69) is 5.32 Å². The van der Waals surface area contributed by atoms with Gasteiger partial charge in [0.1, 0.15) is 0 Å². The third kappa shape index (κ3) is 2.64. The van der Waals surface area contributed by atoms with Crippen LogP contribution in [0.4, 0.5) is 0 Å². The van der Waals surface area contributed by atoms with Gasteiger partial charge in [-0.1, -0.05) is 0 Å². The van der Waals surface area contributed by atoms with E-state index in [9.17, 15) is 5.11 Å². The third-order valence-electron chi connectivity index (χ3n) is 1.47. The molecule has 1 fully saturated rings. The Bertz CT molecular complexity index is 103. The van der Waals surface area contributed by atoms with Crippen LogP contribution in [0.5, 0.6) is 0 Å². The van der Waals surface area contributed by atoms with E-state index in [4.69, 9.17) is 4.74 Å². The molecule has 0 aromatic rings. The highest BCUT2D eigenvalue weighted by molar-refractivity contribution is 4.72. The summed E-state index contributed by atoms with van der Waals surface area (Å²) in [6.45, 7) is 5.18. The lowest BCUT2D eigenvalue weighted by Gasteiger charge is -2.22. The minimum Gasteiger partial charge on any atom is -0.366 e. The topological polar surface area (TPSA) is 41.5 Å². The Labute approximate surface area is 61.4 Å². The third-order valence-corrected chi connectivity index (χ3v) is 1.47. The molecule has 0 aliphatic carbocycles. The molecule has 0 spiro atoms. The van der Waals surface area contributed by atoms with E-state index in [-0.39, 0.29) is 6.10 Å². The Kier molecular flexibility index (Phi) is 2.28. The number of hydrogen-bond donors (Lipinski definition) is 2. The van der Waals surface area contributed by atoms with Crippen LogP contribution >= 0.6 is 0 Å². The van der Waals surface area contributed by atoms with Gasteiger partial charge in [0.05, 0.1) is 6.10 Å². The average Bonchev–Trinajstić information content (AvgIpc) is 2.12. The quantitative estimate of drug-likeness (QED) is 0.541. The van der Waals surface area contributed by atoms with Gasteiger partial charge in [0.15, 0.2) is 5.79 Å². The molecule has 1 atom stereocenters. The molecule has 1 aliphatic heterocycles. The van der Waals surface area contributed by atoms with Crippen LogP contribution in [0.1, 0.15) is 20.3 Å². The number of nitrogens with one attached hydrogen (secondary N) is 1. The van der Waals surface area contributed by atoms with Crippen LogP contribution in [0.2, 0.25) is 0 Å². The molecule has 10 heavy (non-hydrogen) atoms. The van der Waals surface area contributed by atoms with Crippen molar-refractivity contribution >= 4 is 0 Å².